The molecule has 0 aromatic rings. The fraction of sp³-hybridized carbons (Fsp3) is 0.444. The minimum Gasteiger partial charge on any atom is -0.461 e. The predicted octanol–water partition coefficient (Wildman–Crippen LogP) is 0.563. The zero-order valence-electron chi connectivity index (χ0n) is 8.07. The number of hydrogen-bond donors (Lipinski definition) is 0. The van der Waals surface area contributed by atoms with Crippen LogP contribution in [-0.2, 0) is 19.1 Å². The van der Waals surface area contributed by atoms with Crippen molar-refractivity contribution in [1.82, 2.24) is 0 Å². The summed E-state index contributed by atoms with van der Waals surface area (Å²) in [4.78, 5) is 20.9. The maximum absolute atomic E-state index is 10.5. The molecule has 0 aromatic heterocycles. The van der Waals surface area contributed by atoms with Gasteiger partial charge in [0.1, 0.15) is 13.2 Å². The van der Waals surface area contributed by atoms with Crippen molar-refractivity contribution in [3.8, 4) is 6.07 Å². The van der Waals surface area contributed by atoms with Crippen molar-refractivity contribution in [2.75, 3.05) is 13.2 Å². The Morgan fingerprint density at radius 2 is 1.64 bits per heavy atom. The van der Waals surface area contributed by atoms with Gasteiger partial charge >= 0.3 is 11.9 Å². The van der Waals surface area contributed by atoms with Gasteiger partial charge in [-0.25, -0.2) is 0 Å². The molecule has 0 aliphatic heterocycles. The normalized spacial score (nSPS) is 8.36. The van der Waals surface area contributed by atoms with Crippen molar-refractivity contribution in [2.45, 2.75) is 13.8 Å². The molecule has 5 nitrogen and oxygen atoms in total. The molecule has 0 radical (unpaired) electrons. The molecule has 0 amide bonds. The van der Waals surface area contributed by atoms with Gasteiger partial charge in [0, 0.05) is 25.5 Å². The molecule has 0 fully saturated rings. The third-order valence-electron chi connectivity index (χ3n) is 1.19. The number of hydrogen-bond acceptors (Lipinski definition) is 5. The Morgan fingerprint density at radius 1 is 1.21 bits per heavy atom. The zero-order valence-corrected chi connectivity index (χ0v) is 8.07. The van der Waals surface area contributed by atoms with Gasteiger partial charge < -0.3 is 9.47 Å². The lowest BCUT2D eigenvalue weighted by Crippen LogP contribution is -2.10. The first kappa shape index (κ1) is 12.2. The Hall–Kier alpha value is -1.83. The number of carbonyl (C=O) groups is 2. The van der Waals surface area contributed by atoms with E-state index in [0.717, 1.165) is 0 Å². The quantitative estimate of drug-likeness (QED) is 0.486. The molecule has 0 bridgehead atoms. The summed E-state index contributed by atoms with van der Waals surface area (Å²) in [6, 6.07) is 1.77. The van der Waals surface area contributed by atoms with Gasteiger partial charge in [-0.1, -0.05) is 0 Å². The lowest BCUT2D eigenvalue weighted by Gasteiger charge is -2.05. The van der Waals surface area contributed by atoms with Gasteiger partial charge in [0.05, 0.1) is 6.07 Å². The minimum absolute atomic E-state index is 0.0316. The lowest BCUT2D eigenvalue weighted by molar-refractivity contribution is -0.141. The zero-order chi connectivity index (χ0) is 11.0. The van der Waals surface area contributed by atoms with Crippen molar-refractivity contribution >= 4 is 11.9 Å². The van der Waals surface area contributed by atoms with E-state index in [4.69, 9.17) is 5.26 Å². The molecule has 0 saturated carbocycles. The molecule has 0 aliphatic rings. The summed E-state index contributed by atoms with van der Waals surface area (Å²) in [6.45, 7) is 2.46. The summed E-state index contributed by atoms with van der Waals surface area (Å²) < 4.78 is 9.28. The van der Waals surface area contributed by atoms with Gasteiger partial charge in [0.15, 0.2) is 0 Å². The van der Waals surface area contributed by atoms with Crippen molar-refractivity contribution in [3.05, 3.63) is 11.6 Å². The van der Waals surface area contributed by atoms with E-state index in [2.05, 4.69) is 9.47 Å². The molecule has 0 aromatic carbocycles. The monoisotopic (exact) mass is 197 g/mol. The van der Waals surface area contributed by atoms with E-state index in [0.29, 0.717) is 5.57 Å². The summed E-state index contributed by atoms with van der Waals surface area (Å²) in [5.41, 5.74) is 0.443. The first-order chi connectivity index (χ1) is 6.56. The molecule has 76 valence electrons. The molecular weight excluding hydrogens is 186 g/mol. The Kier molecular flexibility index (Phi) is 5.79. The van der Waals surface area contributed by atoms with Crippen molar-refractivity contribution < 1.29 is 19.1 Å². The van der Waals surface area contributed by atoms with Gasteiger partial charge in [-0.3, -0.25) is 9.59 Å². The SMILES string of the molecule is CC(=O)OCC(=CC#N)COC(C)=O. The number of nitriles is 1. The highest BCUT2D eigenvalue weighted by Gasteiger charge is 2.02. The molecule has 0 heterocycles. The van der Waals surface area contributed by atoms with Crippen LogP contribution in [0.5, 0.6) is 0 Å². The van der Waals surface area contributed by atoms with E-state index in [-0.39, 0.29) is 13.2 Å². The third-order valence-corrected chi connectivity index (χ3v) is 1.19. The maximum Gasteiger partial charge on any atom is 0.302 e. The van der Waals surface area contributed by atoms with Crippen LogP contribution in [0.25, 0.3) is 0 Å². The Labute approximate surface area is 81.9 Å². The molecule has 0 aliphatic carbocycles. The second-order valence-electron chi connectivity index (χ2n) is 2.49. The summed E-state index contributed by atoms with van der Waals surface area (Å²) in [6.07, 6.45) is 1.19. The fourth-order valence-corrected chi connectivity index (χ4v) is 0.605. The van der Waals surface area contributed by atoms with Crippen molar-refractivity contribution in [2.24, 2.45) is 0 Å². The first-order valence-electron chi connectivity index (χ1n) is 3.90. The van der Waals surface area contributed by atoms with Gasteiger partial charge in [-0.05, 0) is 0 Å². The molecule has 0 N–H and O–H groups in total. The van der Waals surface area contributed by atoms with E-state index in [1.165, 1.54) is 19.9 Å². The summed E-state index contributed by atoms with van der Waals surface area (Å²) in [7, 11) is 0. The van der Waals surface area contributed by atoms with Crippen molar-refractivity contribution in [3.63, 3.8) is 0 Å². The Bertz CT molecular complexity index is 268. The topological polar surface area (TPSA) is 76.4 Å². The van der Waals surface area contributed by atoms with Crippen LogP contribution in [0.3, 0.4) is 0 Å². The van der Waals surface area contributed by atoms with Gasteiger partial charge in [0.25, 0.3) is 0 Å². The average molecular weight is 197 g/mol. The molecular formula is C9H11NO4. The smallest absolute Gasteiger partial charge is 0.302 e. The van der Waals surface area contributed by atoms with Crippen LogP contribution in [0.2, 0.25) is 0 Å². The van der Waals surface area contributed by atoms with Gasteiger partial charge in [-0.15, -0.1) is 0 Å². The van der Waals surface area contributed by atoms with Crippen LogP contribution >= 0.6 is 0 Å². The minimum atomic E-state index is -0.448. The first-order valence-corrected chi connectivity index (χ1v) is 3.90. The average Bonchev–Trinajstić information content (AvgIpc) is 2.09. The van der Waals surface area contributed by atoms with Crippen LogP contribution < -0.4 is 0 Å². The van der Waals surface area contributed by atoms with Crippen LogP contribution in [0.4, 0.5) is 0 Å². The van der Waals surface area contributed by atoms with E-state index in [1.54, 1.807) is 6.07 Å². The second kappa shape index (κ2) is 6.66. The van der Waals surface area contributed by atoms with Crippen LogP contribution in [0.1, 0.15) is 13.8 Å². The van der Waals surface area contributed by atoms with Crippen LogP contribution in [-0.4, -0.2) is 25.2 Å². The number of allylic oxidation sites excluding steroid dienone is 1. The standard InChI is InChI=1S/C9H11NO4/c1-7(11)13-5-9(3-4-10)6-14-8(2)12/h3H,5-6H2,1-2H3. The maximum atomic E-state index is 10.5. The Morgan fingerprint density at radius 3 is 1.93 bits per heavy atom. The van der Waals surface area contributed by atoms with Crippen LogP contribution in [0, 0.1) is 11.3 Å². The molecule has 0 atom stereocenters. The summed E-state index contributed by atoms with van der Waals surface area (Å²) in [5, 5.41) is 8.36. The second-order valence-corrected chi connectivity index (χ2v) is 2.49. The molecule has 0 unspecified atom stereocenters. The van der Waals surface area contributed by atoms with E-state index in [1.807, 2.05) is 0 Å². The van der Waals surface area contributed by atoms with Gasteiger partial charge in [-0.2, -0.15) is 5.26 Å². The number of rotatable bonds is 4. The molecule has 0 spiro atoms. The van der Waals surface area contributed by atoms with E-state index in [9.17, 15) is 9.59 Å². The van der Waals surface area contributed by atoms with Crippen LogP contribution in [0.15, 0.2) is 11.6 Å². The molecule has 5 heteroatoms. The number of carbonyl (C=O) groups excluding carboxylic acids is 2. The largest absolute Gasteiger partial charge is 0.461 e. The van der Waals surface area contributed by atoms with E-state index < -0.39 is 11.9 Å². The number of nitrogens with zero attached hydrogens (tertiary/aromatic N) is 1. The highest BCUT2D eigenvalue weighted by atomic mass is 16.5. The predicted molar refractivity (Wildman–Crippen MR) is 47.0 cm³/mol. The lowest BCUT2D eigenvalue weighted by atomic mass is 10.3. The van der Waals surface area contributed by atoms with E-state index >= 15 is 0 Å². The fourth-order valence-electron chi connectivity index (χ4n) is 0.605. The van der Waals surface area contributed by atoms with Crippen molar-refractivity contribution in [1.29, 1.82) is 5.26 Å². The third kappa shape index (κ3) is 6.85. The summed E-state index contributed by atoms with van der Waals surface area (Å²) >= 11 is 0. The summed E-state index contributed by atoms with van der Waals surface area (Å²) in [5.74, 6) is -0.895. The number of ether oxygens (including phenoxy) is 2. The highest BCUT2D eigenvalue weighted by molar-refractivity contribution is 5.66. The highest BCUT2D eigenvalue weighted by Crippen LogP contribution is 1.97. The molecule has 0 saturated heterocycles. The number of esters is 2. The molecule has 14 heavy (non-hydrogen) atoms. The van der Waals surface area contributed by atoms with Gasteiger partial charge in [0.2, 0.25) is 0 Å². The Balaban J connectivity index is 4.05. The molecule has 0 rings (SSSR count).